The minimum Gasteiger partial charge on any atom is -0.461 e. The fourth-order valence-electron chi connectivity index (χ4n) is 1.82. The number of aromatic nitrogens is 2. The van der Waals surface area contributed by atoms with Gasteiger partial charge in [-0.1, -0.05) is 20.8 Å². The molecule has 0 atom stereocenters. The van der Waals surface area contributed by atoms with E-state index in [1.165, 1.54) is 0 Å². The first-order chi connectivity index (χ1) is 9.41. The van der Waals surface area contributed by atoms with Crippen molar-refractivity contribution in [2.24, 2.45) is 0 Å². The molecule has 0 amide bonds. The third-order valence-corrected chi connectivity index (χ3v) is 3.77. The van der Waals surface area contributed by atoms with Crippen molar-refractivity contribution in [3.63, 3.8) is 0 Å². The van der Waals surface area contributed by atoms with Crippen LogP contribution < -0.4 is 0 Å². The van der Waals surface area contributed by atoms with Crippen LogP contribution in [0.1, 0.15) is 48.9 Å². The third-order valence-electron chi connectivity index (χ3n) is 2.94. The summed E-state index contributed by atoms with van der Waals surface area (Å²) in [4.78, 5) is 16.5. The fourth-order valence-corrected chi connectivity index (χ4v) is 2.83. The Labute approximate surface area is 123 Å². The van der Waals surface area contributed by atoms with E-state index in [9.17, 15) is 4.79 Å². The first-order valence-electron chi connectivity index (χ1n) is 6.69. The Kier molecular flexibility index (Phi) is 4.28. The van der Waals surface area contributed by atoms with E-state index >= 15 is 0 Å². The molecule has 0 saturated heterocycles. The summed E-state index contributed by atoms with van der Waals surface area (Å²) in [5.74, 6) is -0.287. The van der Waals surface area contributed by atoms with Crippen molar-refractivity contribution >= 4 is 17.3 Å². The molecule has 2 aromatic rings. The minimum absolute atomic E-state index is 0.0510. The second-order valence-electron chi connectivity index (χ2n) is 5.62. The van der Waals surface area contributed by atoms with Crippen LogP contribution in [0, 0.1) is 0 Å². The lowest BCUT2D eigenvalue weighted by molar-refractivity contribution is 0.0514. The number of thiazole rings is 1. The number of nitrogens with zero attached hydrogens (tertiary/aromatic N) is 2. The molecule has 2 rings (SSSR count). The Hall–Kier alpha value is -1.62. The molecule has 0 aliphatic carbocycles. The molecule has 2 aromatic heterocycles. The standard InChI is InChI=1S/C15H20N2O2S/c1-5-19-14(18)11-7-6-8-17(11)9-13-16-12(10-20-13)15(2,3)4/h6-8,10H,5,9H2,1-4H3. The first-order valence-corrected chi connectivity index (χ1v) is 7.57. The van der Waals surface area contributed by atoms with Crippen molar-refractivity contribution < 1.29 is 9.53 Å². The van der Waals surface area contributed by atoms with Gasteiger partial charge in [0.25, 0.3) is 0 Å². The van der Waals surface area contributed by atoms with Gasteiger partial charge >= 0.3 is 5.97 Å². The van der Waals surface area contributed by atoms with Gasteiger partial charge in [-0.25, -0.2) is 9.78 Å². The van der Waals surface area contributed by atoms with Gasteiger partial charge in [-0.2, -0.15) is 0 Å². The maximum atomic E-state index is 11.8. The fraction of sp³-hybridized carbons (Fsp3) is 0.467. The topological polar surface area (TPSA) is 44.1 Å². The molecule has 0 fully saturated rings. The van der Waals surface area contributed by atoms with Crippen LogP contribution in [0.15, 0.2) is 23.7 Å². The van der Waals surface area contributed by atoms with Gasteiger partial charge in [-0.3, -0.25) is 0 Å². The van der Waals surface area contributed by atoms with E-state index in [0.29, 0.717) is 18.8 Å². The second-order valence-corrected chi connectivity index (χ2v) is 6.56. The molecule has 0 radical (unpaired) electrons. The van der Waals surface area contributed by atoms with Crippen molar-refractivity contribution in [1.29, 1.82) is 0 Å². The summed E-state index contributed by atoms with van der Waals surface area (Å²) in [6, 6.07) is 3.63. The number of esters is 1. The number of carbonyl (C=O) groups is 1. The summed E-state index contributed by atoms with van der Waals surface area (Å²) in [7, 11) is 0. The normalized spacial score (nSPS) is 11.6. The minimum atomic E-state index is -0.287. The maximum Gasteiger partial charge on any atom is 0.354 e. The van der Waals surface area contributed by atoms with Crippen molar-refractivity contribution in [2.75, 3.05) is 6.61 Å². The van der Waals surface area contributed by atoms with Gasteiger partial charge in [-0.05, 0) is 19.1 Å². The van der Waals surface area contributed by atoms with Gasteiger partial charge < -0.3 is 9.30 Å². The number of rotatable bonds is 4. The van der Waals surface area contributed by atoms with E-state index in [1.54, 1.807) is 17.4 Å². The molecule has 2 heterocycles. The quantitative estimate of drug-likeness (QED) is 0.811. The maximum absolute atomic E-state index is 11.8. The summed E-state index contributed by atoms with van der Waals surface area (Å²) >= 11 is 1.62. The zero-order valence-corrected chi connectivity index (χ0v) is 13.2. The van der Waals surface area contributed by atoms with Gasteiger partial charge in [-0.15, -0.1) is 11.3 Å². The van der Waals surface area contributed by atoms with Gasteiger partial charge in [0.05, 0.1) is 18.8 Å². The van der Waals surface area contributed by atoms with E-state index in [1.807, 2.05) is 23.8 Å². The monoisotopic (exact) mass is 292 g/mol. The van der Waals surface area contributed by atoms with Crippen LogP contribution in [0.4, 0.5) is 0 Å². The predicted molar refractivity (Wildman–Crippen MR) is 80.3 cm³/mol. The molecule has 20 heavy (non-hydrogen) atoms. The SMILES string of the molecule is CCOC(=O)c1cccn1Cc1nc(C(C)(C)C)cs1. The van der Waals surface area contributed by atoms with E-state index < -0.39 is 0 Å². The highest BCUT2D eigenvalue weighted by molar-refractivity contribution is 7.09. The van der Waals surface area contributed by atoms with Crippen molar-refractivity contribution in [2.45, 2.75) is 39.7 Å². The lowest BCUT2D eigenvalue weighted by Gasteiger charge is -2.14. The molecule has 0 aromatic carbocycles. The molecule has 0 aliphatic heterocycles. The summed E-state index contributed by atoms with van der Waals surface area (Å²) in [5, 5.41) is 3.08. The van der Waals surface area contributed by atoms with Crippen LogP contribution in [-0.4, -0.2) is 22.1 Å². The largest absolute Gasteiger partial charge is 0.461 e. The molecule has 0 aliphatic rings. The van der Waals surface area contributed by atoms with Crippen LogP contribution in [0.2, 0.25) is 0 Å². The van der Waals surface area contributed by atoms with Gasteiger partial charge in [0.1, 0.15) is 10.7 Å². The lowest BCUT2D eigenvalue weighted by Crippen LogP contribution is -2.13. The van der Waals surface area contributed by atoms with E-state index in [2.05, 4.69) is 31.1 Å². The van der Waals surface area contributed by atoms with Crippen LogP contribution in [0.5, 0.6) is 0 Å². The predicted octanol–water partition coefficient (Wildman–Crippen LogP) is 3.47. The Morgan fingerprint density at radius 1 is 1.45 bits per heavy atom. The number of carbonyl (C=O) groups excluding carboxylic acids is 1. The summed E-state index contributed by atoms with van der Waals surface area (Å²) < 4.78 is 6.93. The van der Waals surface area contributed by atoms with Gasteiger partial charge in [0, 0.05) is 17.0 Å². The molecule has 4 nitrogen and oxygen atoms in total. The van der Waals surface area contributed by atoms with Crippen molar-refractivity contribution in [3.05, 3.63) is 40.1 Å². The third kappa shape index (κ3) is 3.28. The van der Waals surface area contributed by atoms with Crippen LogP contribution >= 0.6 is 11.3 Å². The van der Waals surface area contributed by atoms with Crippen LogP contribution in [0.25, 0.3) is 0 Å². The zero-order valence-electron chi connectivity index (χ0n) is 12.3. The molecule has 5 heteroatoms. The molecule has 0 saturated carbocycles. The van der Waals surface area contributed by atoms with E-state index in [0.717, 1.165) is 10.7 Å². The highest BCUT2D eigenvalue weighted by Gasteiger charge is 2.18. The highest BCUT2D eigenvalue weighted by Crippen LogP contribution is 2.24. The summed E-state index contributed by atoms with van der Waals surface area (Å²) in [5.41, 5.74) is 1.71. The molecule has 0 bridgehead atoms. The van der Waals surface area contributed by atoms with Gasteiger partial charge in [0.15, 0.2) is 0 Å². The van der Waals surface area contributed by atoms with Crippen molar-refractivity contribution in [1.82, 2.24) is 9.55 Å². The zero-order chi connectivity index (χ0) is 14.8. The molecule has 0 N–H and O–H groups in total. The Bertz CT molecular complexity index is 593. The lowest BCUT2D eigenvalue weighted by atomic mass is 9.93. The van der Waals surface area contributed by atoms with Crippen molar-refractivity contribution in [3.8, 4) is 0 Å². The number of hydrogen-bond donors (Lipinski definition) is 0. The molecule has 108 valence electrons. The summed E-state index contributed by atoms with van der Waals surface area (Å²) in [6.07, 6.45) is 1.88. The molecular formula is C15H20N2O2S. The van der Waals surface area contributed by atoms with E-state index in [4.69, 9.17) is 4.74 Å². The molecular weight excluding hydrogens is 272 g/mol. The average Bonchev–Trinajstić information content (AvgIpc) is 2.98. The summed E-state index contributed by atoms with van der Waals surface area (Å²) in [6.45, 7) is 9.22. The Morgan fingerprint density at radius 3 is 2.80 bits per heavy atom. The first kappa shape index (κ1) is 14.8. The van der Waals surface area contributed by atoms with E-state index in [-0.39, 0.29) is 11.4 Å². The molecule has 0 spiro atoms. The molecule has 0 unspecified atom stereocenters. The second kappa shape index (κ2) is 5.79. The Morgan fingerprint density at radius 2 is 2.20 bits per heavy atom. The highest BCUT2D eigenvalue weighted by atomic mass is 32.1. The average molecular weight is 292 g/mol. The Balaban J connectivity index is 2.17. The number of ether oxygens (including phenoxy) is 1. The van der Waals surface area contributed by atoms with Gasteiger partial charge in [0.2, 0.25) is 0 Å². The van der Waals surface area contributed by atoms with Crippen LogP contribution in [-0.2, 0) is 16.7 Å². The van der Waals surface area contributed by atoms with Crippen LogP contribution in [0.3, 0.4) is 0 Å². The smallest absolute Gasteiger partial charge is 0.354 e. The number of hydrogen-bond acceptors (Lipinski definition) is 4.